The lowest BCUT2D eigenvalue weighted by Crippen LogP contribution is -2.12. The van der Waals surface area contributed by atoms with Crippen molar-refractivity contribution in [2.75, 3.05) is 6.61 Å². The van der Waals surface area contributed by atoms with E-state index in [4.69, 9.17) is 15.9 Å². The number of hydrogen-bond acceptors (Lipinski definition) is 3. The first-order valence-electron chi connectivity index (χ1n) is 6.13. The molecule has 3 N–H and O–H groups in total. The maximum Gasteiger partial charge on any atom is 0.123 e. The molecule has 100 valence electrons. The molecule has 2 aromatic rings. The SMILES string of the molecule is Cc1ccc(C(=N)N)cc1OCCn1ccnc1C. The number of aromatic nitrogens is 2. The second kappa shape index (κ2) is 5.56. The maximum atomic E-state index is 7.43. The zero-order valence-electron chi connectivity index (χ0n) is 11.2. The van der Waals surface area contributed by atoms with Crippen LogP contribution in [0.25, 0.3) is 0 Å². The highest BCUT2D eigenvalue weighted by Crippen LogP contribution is 2.19. The average Bonchev–Trinajstić information content (AvgIpc) is 2.77. The Morgan fingerprint density at radius 2 is 2.21 bits per heavy atom. The molecule has 0 aliphatic carbocycles. The lowest BCUT2D eigenvalue weighted by molar-refractivity contribution is 0.295. The van der Waals surface area contributed by atoms with Gasteiger partial charge in [0.1, 0.15) is 24.0 Å². The van der Waals surface area contributed by atoms with Crippen molar-refractivity contribution >= 4 is 5.84 Å². The predicted octanol–water partition coefficient (Wildman–Crippen LogP) is 1.86. The summed E-state index contributed by atoms with van der Waals surface area (Å²) >= 11 is 0. The van der Waals surface area contributed by atoms with Crippen molar-refractivity contribution < 1.29 is 4.74 Å². The Morgan fingerprint density at radius 3 is 2.84 bits per heavy atom. The van der Waals surface area contributed by atoms with Gasteiger partial charge in [-0.05, 0) is 25.5 Å². The molecule has 0 aliphatic heterocycles. The van der Waals surface area contributed by atoms with Gasteiger partial charge in [-0.2, -0.15) is 0 Å². The van der Waals surface area contributed by atoms with Gasteiger partial charge in [0.05, 0.1) is 6.54 Å². The molecule has 0 fully saturated rings. The maximum absolute atomic E-state index is 7.43. The molecular formula is C14H18N4O. The van der Waals surface area contributed by atoms with Crippen LogP contribution in [0.4, 0.5) is 0 Å². The number of aryl methyl sites for hydroxylation is 2. The second-order valence-electron chi connectivity index (χ2n) is 4.41. The van der Waals surface area contributed by atoms with Gasteiger partial charge in [-0.25, -0.2) is 4.98 Å². The highest BCUT2D eigenvalue weighted by Gasteiger charge is 2.04. The average molecular weight is 258 g/mol. The van der Waals surface area contributed by atoms with Crippen LogP contribution in [0, 0.1) is 19.3 Å². The molecule has 0 amide bonds. The standard InChI is InChI=1S/C14H18N4O/c1-10-3-4-12(14(15)16)9-13(10)19-8-7-18-6-5-17-11(18)2/h3-6,9H,7-8H2,1-2H3,(H3,15,16). The quantitative estimate of drug-likeness (QED) is 0.635. The fraction of sp³-hybridized carbons (Fsp3) is 0.286. The molecule has 0 saturated carbocycles. The summed E-state index contributed by atoms with van der Waals surface area (Å²) in [5.74, 6) is 1.79. The molecule has 1 aromatic carbocycles. The molecule has 0 unspecified atom stereocenters. The zero-order valence-corrected chi connectivity index (χ0v) is 11.2. The Kier molecular flexibility index (Phi) is 3.85. The number of benzene rings is 1. The van der Waals surface area contributed by atoms with Crippen molar-refractivity contribution in [2.45, 2.75) is 20.4 Å². The van der Waals surface area contributed by atoms with Crippen molar-refractivity contribution in [2.24, 2.45) is 5.73 Å². The zero-order chi connectivity index (χ0) is 13.8. The van der Waals surface area contributed by atoms with Crippen LogP contribution < -0.4 is 10.5 Å². The van der Waals surface area contributed by atoms with Crippen molar-refractivity contribution in [3.8, 4) is 5.75 Å². The Morgan fingerprint density at radius 1 is 1.42 bits per heavy atom. The number of ether oxygens (including phenoxy) is 1. The minimum absolute atomic E-state index is 0.0512. The van der Waals surface area contributed by atoms with Gasteiger partial charge in [0.2, 0.25) is 0 Å². The number of rotatable bonds is 5. The summed E-state index contributed by atoms with van der Waals surface area (Å²) in [5, 5.41) is 7.43. The fourth-order valence-corrected chi connectivity index (χ4v) is 1.82. The van der Waals surface area contributed by atoms with E-state index in [0.717, 1.165) is 23.7 Å². The van der Waals surface area contributed by atoms with Gasteiger partial charge >= 0.3 is 0 Å². The molecule has 19 heavy (non-hydrogen) atoms. The van der Waals surface area contributed by atoms with E-state index in [2.05, 4.69) is 4.98 Å². The van der Waals surface area contributed by atoms with Gasteiger partial charge in [-0.3, -0.25) is 5.41 Å². The number of hydrogen-bond donors (Lipinski definition) is 2. The molecule has 0 aliphatic rings. The first kappa shape index (κ1) is 13.1. The van der Waals surface area contributed by atoms with Gasteiger partial charge in [0.25, 0.3) is 0 Å². The van der Waals surface area contributed by atoms with E-state index in [-0.39, 0.29) is 5.84 Å². The highest BCUT2D eigenvalue weighted by atomic mass is 16.5. The number of nitrogens with two attached hydrogens (primary N) is 1. The third kappa shape index (κ3) is 3.13. The molecule has 2 rings (SSSR count). The van der Waals surface area contributed by atoms with Crippen LogP contribution in [0.2, 0.25) is 0 Å². The summed E-state index contributed by atoms with van der Waals surface area (Å²) in [7, 11) is 0. The van der Waals surface area contributed by atoms with Crippen molar-refractivity contribution in [3.63, 3.8) is 0 Å². The van der Waals surface area contributed by atoms with Crippen molar-refractivity contribution in [3.05, 3.63) is 47.5 Å². The van der Waals surface area contributed by atoms with Crippen LogP contribution in [-0.2, 0) is 6.54 Å². The van der Waals surface area contributed by atoms with E-state index in [1.54, 1.807) is 12.3 Å². The predicted molar refractivity (Wildman–Crippen MR) is 74.7 cm³/mol. The number of nitrogen functional groups attached to an aromatic ring is 1. The number of amidine groups is 1. The van der Waals surface area contributed by atoms with Crippen LogP contribution in [0.1, 0.15) is 17.0 Å². The minimum atomic E-state index is 0.0512. The molecule has 1 aromatic heterocycles. The molecule has 0 bridgehead atoms. The summed E-state index contributed by atoms with van der Waals surface area (Å²) in [4.78, 5) is 4.16. The molecule has 0 saturated heterocycles. The third-order valence-corrected chi connectivity index (χ3v) is 3.01. The molecule has 5 heteroatoms. The number of imidazole rings is 1. The summed E-state index contributed by atoms with van der Waals surface area (Å²) in [6.45, 7) is 5.23. The van der Waals surface area contributed by atoms with Gasteiger partial charge < -0.3 is 15.0 Å². The molecule has 0 spiro atoms. The third-order valence-electron chi connectivity index (χ3n) is 3.01. The highest BCUT2D eigenvalue weighted by molar-refractivity contribution is 5.95. The Labute approximate surface area is 112 Å². The Hall–Kier alpha value is -2.30. The van der Waals surface area contributed by atoms with E-state index in [1.807, 2.05) is 36.7 Å². The number of nitrogens with one attached hydrogen (secondary N) is 1. The lowest BCUT2D eigenvalue weighted by Gasteiger charge is -2.11. The van der Waals surface area contributed by atoms with Gasteiger partial charge in [-0.15, -0.1) is 0 Å². The molecule has 0 radical (unpaired) electrons. The van der Waals surface area contributed by atoms with Crippen molar-refractivity contribution in [1.29, 1.82) is 5.41 Å². The monoisotopic (exact) mass is 258 g/mol. The lowest BCUT2D eigenvalue weighted by atomic mass is 10.1. The van der Waals surface area contributed by atoms with E-state index in [9.17, 15) is 0 Å². The van der Waals surface area contributed by atoms with Gasteiger partial charge in [0.15, 0.2) is 0 Å². The van der Waals surface area contributed by atoms with Crippen LogP contribution in [0.15, 0.2) is 30.6 Å². The van der Waals surface area contributed by atoms with E-state index in [1.165, 1.54) is 0 Å². The van der Waals surface area contributed by atoms with Crippen molar-refractivity contribution in [1.82, 2.24) is 9.55 Å². The van der Waals surface area contributed by atoms with Crippen LogP contribution in [0.5, 0.6) is 5.75 Å². The van der Waals surface area contributed by atoms with Crippen LogP contribution >= 0.6 is 0 Å². The topological polar surface area (TPSA) is 76.9 Å². The summed E-state index contributed by atoms with van der Waals surface area (Å²) in [5.41, 5.74) is 7.19. The summed E-state index contributed by atoms with van der Waals surface area (Å²) < 4.78 is 7.79. The Bertz CT molecular complexity index is 589. The smallest absolute Gasteiger partial charge is 0.123 e. The summed E-state index contributed by atoms with van der Waals surface area (Å²) in [6, 6.07) is 5.54. The molecular weight excluding hydrogens is 240 g/mol. The minimum Gasteiger partial charge on any atom is -0.491 e. The van der Waals surface area contributed by atoms with E-state index < -0.39 is 0 Å². The molecule has 0 atom stereocenters. The first-order chi connectivity index (χ1) is 9.08. The molecule has 5 nitrogen and oxygen atoms in total. The first-order valence-corrected chi connectivity index (χ1v) is 6.13. The van der Waals surface area contributed by atoms with Crippen LogP contribution in [-0.4, -0.2) is 22.0 Å². The summed E-state index contributed by atoms with van der Waals surface area (Å²) in [6.07, 6.45) is 3.70. The molecule has 1 heterocycles. The normalized spacial score (nSPS) is 10.4. The van der Waals surface area contributed by atoms with Gasteiger partial charge in [0, 0.05) is 18.0 Å². The van der Waals surface area contributed by atoms with Gasteiger partial charge in [-0.1, -0.05) is 12.1 Å². The fourth-order valence-electron chi connectivity index (χ4n) is 1.82. The second-order valence-corrected chi connectivity index (χ2v) is 4.41. The largest absolute Gasteiger partial charge is 0.491 e. The Balaban J connectivity index is 2.01. The van der Waals surface area contributed by atoms with Crippen LogP contribution in [0.3, 0.4) is 0 Å². The van der Waals surface area contributed by atoms with E-state index in [0.29, 0.717) is 12.2 Å². The number of nitrogens with zero attached hydrogens (tertiary/aromatic N) is 2. The van der Waals surface area contributed by atoms with E-state index >= 15 is 0 Å².